The van der Waals surface area contributed by atoms with Gasteiger partial charge in [-0.25, -0.2) is 0 Å². The second-order valence-electron chi connectivity index (χ2n) is 4.36. The fraction of sp³-hybridized carbons (Fsp3) is 0.500. The van der Waals surface area contributed by atoms with Gasteiger partial charge in [0.2, 0.25) is 0 Å². The average Bonchev–Trinajstić information content (AvgIpc) is 2.28. The minimum atomic E-state index is -0.128. The van der Waals surface area contributed by atoms with Crippen molar-refractivity contribution in [2.24, 2.45) is 0 Å². The molecule has 0 amide bonds. The molecule has 4 N–H and O–H groups in total. The van der Waals surface area contributed by atoms with E-state index in [0.29, 0.717) is 5.56 Å². The summed E-state index contributed by atoms with van der Waals surface area (Å²) >= 11 is 0. The third-order valence-corrected chi connectivity index (χ3v) is 3.24. The number of piperazine rings is 1. The highest BCUT2D eigenvalue weighted by atomic mass is 16.3. The van der Waals surface area contributed by atoms with Gasteiger partial charge in [-0.05, 0) is 6.92 Å². The Morgan fingerprint density at radius 1 is 1.12 bits per heavy atom. The molecule has 1 aliphatic heterocycles. The van der Waals surface area contributed by atoms with Gasteiger partial charge in [0.25, 0.3) is 0 Å². The van der Waals surface area contributed by atoms with Crippen LogP contribution in [-0.4, -0.2) is 46.4 Å². The summed E-state index contributed by atoms with van der Waals surface area (Å²) in [6.07, 6.45) is 0. The monoisotopic (exact) mass is 238 g/mol. The molecule has 5 heteroatoms. The number of hydrogen-bond donors (Lipinski definition) is 4. The number of benzene rings is 1. The van der Waals surface area contributed by atoms with Gasteiger partial charge in [-0.1, -0.05) is 0 Å². The van der Waals surface area contributed by atoms with Gasteiger partial charge < -0.3 is 20.6 Å². The first-order chi connectivity index (χ1) is 8.09. The van der Waals surface area contributed by atoms with Gasteiger partial charge in [-0.3, -0.25) is 4.90 Å². The number of phenolic OH excluding ortho intramolecular Hbond substituents is 3. The Morgan fingerprint density at radius 2 is 1.65 bits per heavy atom. The van der Waals surface area contributed by atoms with E-state index < -0.39 is 0 Å². The van der Waals surface area contributed by atoms with Gasteiger partial charge in [-0.2, -0.15) is 0 Å². The molecule has 2 rings (SSSR count). The predicted molar refractivity (Wildman–Crippen MR) is 64.3 cm³/mol. The molecule has 1 saturated heterocycles. The van der Waals surface area contributed by atoms with E-state index in [1.165, 1.54) is 12.1 Å². The SMILES string of the molecule is C[C@@H](c1c(O)cc(O)cc1O)N1CCNCC1. The summed E-state index contributed by atoms with van der Waals surface area (Å²) < 4.78 is 0. The molecule has 0 radical (unpaired) electrons. The molecule has 1 atom stereocenters. The second kappa shape index (κ2) is 4.81. The Bertz CT molecular complexity index is 380. The summed E-state index contributed by atoms with van der Waals surface area (Å²) in [5, 5.41) is 32.1. The Hall–Kier alpha value is -1.46. The van der Waals surface area contributed by atoms with Crippen LogP contribution in [0, 0.1) is 0 Å². The van der Waals surface area contributed by atoms with E-state index in [1.54, 1.807) is 0 Å². The Balaban J connectivity index is 2.26. The number of rotatable bonds is 2. The third-order valence-electron chi connectivity index (χ3n) is 3.24. The largest absolute Gasteiger partial charge is 0.508 e. The zero-order valence-electron chi connectivity index (χ0n) is 9.85. The van der Waals surface area contributed by atoms with Gasteiger partial charge in [0.15, 0.2) is 0 Å². The number of hydrogen-bond acceptors (Lipinski definition) is 5. The zero-order valence-corrected chi connectivity index (χ0v) is 9.85. The van der Waals surface area contributed by atoms with E-state index in [9.17, 15) is 15.3 Å². The summed E-state index contributed by atoms with van der Waals surface area (Å²) in [6.45, 7) is 5.51. The fourth-order valence-electron chi connectivity index (χ4n) is 2.29. The Kier molecular flexibility index (Phi) is 3.40. The molecule has 0 bridgehead atoms. The van der Waals surface area contributed by atoms with E-state index in [2.05, 4.69) is 10.2 Å². The molecule has 17 heavy (non-hydrogen) atoms. The first-order valence-corrected chi connectivity index (χ1v) is 5.79. The normalized spacial score (nSPS) is 19.1. The molecular weight excluding hydrogens is 220 g/mol. The second-order valence-corrected chi connectivity index (χ2v) is 4.36. The van der Waals surface area contributed by atoms with Crippen molar-refractivity contribution in [2.75, 3.05) is 26.2 Å². The van der Waals surface area contributed by atoms with Crippen LogP contribution in [0.5, 0.6) is 17.2 Å². The van der Waals surface area contributed by atoms with Crippen molar-refractivity contribution in [3.8, 4) is 17.2 Å². The van der Waals surface area contributed by atoms with Crippen LogP contribution in [0.15, 0.2) is 12.1 Å². The van der Waals surface area contributed by atoms with Crippen molar-refractivity contribution >= 4 is 0 Å². The van der Waals surface area contributed by atoms with Crippen molar-refractivity contribution in [3.05, 3.63) is 17.7 Å². The summed E-state index contributed by atoms with van der Waals surface area (Å²) in [7, 11) is 0. The summed E-state index contributed by atoms with van der Waals surface area (Å²) in [4.78, 5) is 2.18. The lowest BCUT2D eigenvalue weighted by Crippen LogP contribution is -2.44. The van der Waals surface area contributed by atoms with Crippen LogP contribution < -0.4 is 5.32 Å². The molecule has 5 nitrogen and oxygen atoms in total. The van der Waals surface area contributed by atoms with Crippen LogP contribution >= 0.6 is 0 Å². The topological polar surface area (TPSA) is 76.0 Å². The van der Waals surface area contributed by atoms with Crippen molar-refractivity contribution < 1.29 is 15.3 Å². The molecule has 94 valence electrons. The smallest absolute Gasteiger partial charge is 0.127 e. The lowest BCUT2D eigenvalue weighted by atomic mass is 10.0. The van der Waals surface area contributed by atoms with Crippen molar-refractivity contribution in [1.29, 1.82) is 0 Å². The molecule has 0 spiro atoms. The molecule has 0 unspecified atom stereocenters. The van der Waals surface area contributed by atoms with Gasteiger partial charge in [-0.15, -0.1) is 0 Å². The molecule has 0 aromatic heterocycles. The van der Waals surface area contributed by atoms with Gasteiger partial charge >= 0.3 is 0 Å². The molecule has 0 saturated carbocycles. The van der Waals surface area contributed by atoms with Crippen molar-refractivity contribution in [3.63, 3.8) is 0 Å². The van der Waals surface area contributed by atoms with Crippen LogP contribution in [0.2, 0.25) is 0 Å². The highest BCUT2D eigenvalue weighted by molar-refractivity contribution is 5.50. The van der Waals surface area contributed by atoms with Crippen LogP contribution in [0.3, 0.4) is 0 Å². The summed E-state index contributed by atoms with van der Waals surface area (Å²) in [5.41, 5.74) is 0.477. The van der Waals surface area contributed by atoms with Crippen LogP contribution in [0.1, 0.15) is 18.5 Å². The number of nitrogens with one attached hydrogen (secondary N) is 1. The third kappa shape index (κ3) is 2.45. The maximum atomic E-state index is 9.81. The molecule has 1 heterocycles. The lowest BCUT2D eigenvalue weighted by Gasteiger charge is -2.33. The van der Waals surface area contributed by atoms with E-state index in [1.807, 2.05) is 6.92 Å². The predicted octanol–water partition coefficient (Wildman–Crippen LogP) is 0.770. The van der Waals surface area contributed by atoms with Gasteiger partial charge in [0.1, 0.15) is 17.2 Å². The maximum absolute atomic E-state index is 9.81. The van der Waals surface area contributed by atoms with E-state index in [4.69, 9.17) is 0 Å². The Morgan fingerprint density at radius 3 is 2.18 bits per heavy atom. The highest BCUT2D eigenvalue weighted by Gasteiger charge is 2.23. The fourth-order valence-corrected chi connectivity index (χ4v) is 2.29. The van der Waals surface area contributed by atoms with E-state index >= 15 is 0 Å². The van der Waals surface area contributed by atoms with Gasteiger partial charge in [0, 0.05) is 44.4 Å². The number of nitrogens with zero attached hydrogens (tertiary/aromatic N) is 1. The first kappa shape index (κ1) is 12.0. The standard InChI is InChI=1S/C12H18N2O3/c1-8(14-4-2-13-3-5-14)12-10(16)6-9(15)7-11(12)17/h6-8,13,15-17H,2-5H2,1H3/t8-/m0/s1. The highest BCUT2D eigenvalue weighted by Crippen LogP contribution is 2.38. The molecule has 0 aliphatic carbocycles. The molecule has 1 aliphatic rings. The molecule has 1 fully saturated rings. The van der Waals surface area contributed by atoms with Crippen molar-refractivity contribution in [1.82, 2.24) is 10.2 Å². The minimum Gasteiger partial charge on any atom is -0.508 e. The quantitative estimate of drug-likeness (QED) is 0.612. The zero-order chi connectivity index (χ0) is 12.4. The van der Waals surface area contributed by atoms with Crippen molar-refractivity contribution in [2.45, 2.75) is 13.0 Å². The molecule has 1 aromatic rings. The Labute approximate surface area is 100 Å². The van der Waals surface area contributed by atoms with E-state index in [0.717, 1.165) is 26.2 Å². The summed E-state index contributed by atoms with van der Waals surface area (Å²) in [5.74, 6) is -0.252. The van der Waals surface area contributed by atoms with E-state index in [-0.39, 0.29) is 23.3 Å². The number of phenols is 3. The van der Waals surface area contributed by atoms with Crippen LogP contribution in [0.4, 0.5) is 0 Å². The first-order valence-electron chi connectivity index (χ1n) is 5.79. The molecular formula is C12H18N2O3. The minimum absolute atomic E-state index is 0.0615. The molecule has 1 aromatic carbocycles. The van der Waals surface area contributed by atoms with Crippen LogP contribution in [0.25, 0.3) is 0 Å². The van der Waals surface area contributed by atoms with Gasteiger partial charge in [0.05, 0.1) is 5.56 Å². The lowest BCUT2D eigenvalue weighted by molar-refractivity contribution is 0.180. The maximum Gasteiger partial charge on any atom is 0.127 e. The summed E-state index contributed by atoms with van der Waals surface area (Å²) in [6, 6.07) is 2.44. The number of aromatic hydroxyl groups is 3. The average molecular weight is 238 g/mol. The van der Waals surface area contributed by atoms with Crippen LogP contribution in [-0.2, 0) is 0 Å².